The van der Waals surface area contributed by atoms with Gasteiger partial charge >= 0.3 is 5.69 Å². The molecule has 9 heteroatoms. The van der Waals surface area contributed by atoms with Gasteiger partial charge in [0.05, 0.1) is 19.9 Å². The Morgan fingerprint density at radius 2 is 2.12 bits per heavy atom. The normalized spacial score (nSPS) is 18.8. The molecule has 8 nitrogen and oxygen atoms in total. The number of piperidine rings is 1. The van der Waals surface area contributed by atoms with Gasteiger partial charge in [0, 0.05) is 26.1 Å². The molecule has 2 aromatic rings. The first-order chi connectivity index (χ1) is 12.3. The Hall–Kier alpha value is -2.13. The quantitative estimate of drug-likeness (QED) is 0.765. The lowest BCUT2D eigenvalue weighted by Gasteiger charge is -2.30. The highest BCUT2D eigenvalue weighted by atomic mass is 32.2. The van der Waals surface area contributed by atoms with E-state index in [9.17, 15) is 13.2 Å². The Kier molecular flexibility index (Phi) is 5.19. The number of hydrogen-bond acceptors (Lipinski definition) is 5. The predicted octanol–water partition coefficient (Wildman–Crippen LogP) is 0.778. The molecule has 0 bridgehead atoms. The minimum absolute atomic E-state index is 0.0808. The standard InChI is InChI=1S/C17H24N4O4S/c1-19-16(14-7-5-9-20(12-14)26(3,23)24)18-21(17(19)22)11-13-6-4-8-15(10-13)25-2/h4,6,8,10,14H,5,7,9,11-12H2,1-3H3. The van der Waals surface area contributed by atoms with E-state index in [1.54, 1.807) is 14.2 Å². The highest BCUT2D eigenvalue weighted by Crippen LogP contribution is 2.26. The van der Waals surface area contributed by atoms with Crippen molar-refractivity contribution >= 4 is 10.0 Å². The summed E-state index contributed by atoms with van der Waals surface area (Å²) in [4.78, 5) is 12.6. The molecule has 1 aromatic heterocycles. The number of hydrogen-bond donors (Lipinski definition) is 0. The summed E-state index contributed by atoms with van der Waals surface area (Å²) < 4.78 is 33.3. The molecule has 1 aromatic carbocycles. The summed E-state index contributed by atoms with van der Waals surface area (Å²) in [5.41, 5.74) is 0.705. The lowest BCUT2D eigenvalue weighted by atomic mass is 9.99. The lowest BCUT2D eigenvalue weighted by molar-refractivity contribution is 0.307. The van der Waals surface area contributed by atoms with Crippen LogP contribution in [0.15, 0.2) is 29.1 Å². The molecule has 0 N–H and O–H groups in total. The van der Waals surface area contributed by atoms with Crippen LogP contribution in [0.25, 0.3) is 0 Å². The molecule has 142 valence electrons. The van der Waals surface area contributed by atoms with Crippen molar-refractivity contribution in [2.24, 2.45) is 7.05 Å². The van der Waals surface area contributed by atoms with Crippen LogP contribution in [0.3, 0.4) is 0 Å². The van der Waals surface area contributed by atoms with Crippen LogP contribution in [-0.4, -0.2) is 53.5 Å². The van der Waals surface area contributed by atoms with Gasteiger partial charge in [-0.3, -0.25) is 4.57 Å². The summed E-state index contributed by atoms with van der Waals surface area (Å²) in [7, 11) is 0.0429. The van der Waals surface area contributed by atoms with E-state index in [1.807, 2.05) is 24.3 Å². The number of sulfonamides is 1. The molecule has 1 aliphatic rings. The molecule has 0 radical (unpaired) electrons. The number of aromatic nitrogens is 3. The maximum absolute atomic E-state index is 12.6. The maximum Gasteiger partial charge on any atom is 0.345 e. The number of ether oxygens (including phenoxy) is 1. The van der Waals surface area contributed by atoms with E-state index in [2.05, 4.69) is 5.10 Å². The van der Waals surface area contributed by atoms with Crippen molar-refractivity contribution in [2.45, 2.75) is 25.3 Å². The van der Waals surface area contributed by atoms with Crippen molar-refractivity contribution in [3.63, 3.8) is 0 Å². The minimum Gasteiger partial charge on any atom is -0.497 e. The predicted molar refractivity (Wildman–Crippen MR) is 98.0 cm³/mol. The summed E-state index contributed by atoms with van der Waals surface area (Å²) in [6.07, 6.45) is 2.79. The molecule has 1 fully saturated rings. The summed E-state index contributed by atoms with van der Waals surface area (Å²) in [6.45, 7) is 1.22. The van der Waals surface area contributed by atoms with Crippen LogP contribution in [-0.2, 0) is 23.6 Å². The molecule has 1 aliphatic heterocycles. The topological polar surface area (TPSA) is 86.4 Å². The third-order valence-electron chi connectivity index (χ3n) is 4.76. The highest BCUT2D eigenvalue weighted by Gasteiger charge is 2.30. The molecule has 0 aliphatic carbocycles. The molecular weight excluding hydrogens is 356 g/mol. The van der Waals surface area contributed by atoms with Crippen molar-refractivity contribution in [3.05, 3.63) is 46.1 Å². The molecule has 2 heterocycles. The van der Waals surface area contributed by atoms with Gasteiger partial charge in [-0.15, -0.1) is 0 Å². The largest absolute Gasteiger partial charge is 0.497 e. The molecule has 0 spiro atoms. The number of rotatable bonds is 5. The molecule has 1 saturated heterocycles. The monoisotopic (exact) mass is 380 g/mol. The fourth-order valence-electron chi connectivity index (χ4n) is 3.36. The maximum atomic E-state index is 12.6. The number of nitrogens with zero attached hydrogens (tertiary/aromatic N) is 4. The first-order valence-corrected chi connectivity index (χ1v) is 10.4. The van der Waals surface area contributed by atoms with Gasteiger partial charge in [0.25, 0.3) is 0 Å². The van der Waals surface area contributed by atoms with Crippen LogP contribution in [0.1, 0.15) is 30.1 Å². The fraction of sp³-hybridized carbons (Fsp3) is 0.529. The van der Waals surface area contributed by atoms with Crippen molar-refractivity contribution in [2.75, 3.05) is 26.5 Å². The molecule has 1 atom stereocenters. The van der Waals surface area contributed by atoms with E-state index in [4.69, 9.17) is 4.74 Å². The summed E-state index contributed by atoms with van der Waals surface area (Å²) in [6, 6.07) is 7.49. The van der Waals surface area contributed by atoms with Gasteiger partial charge in [0.2, 0.25) is 10.0 Å². The second-order valence-electron chi connectivity index (χ2n) is 6.67. The first kappa shape index (κ1) is 18.7. The Labute approximate surface area is 153 Å². The van der Waals surface area contributed by atoms with Gasteiger partial charge in [-0.05, 0) is 30.5 Å². The third kappa shape index (κ3) is 3.83. The summed E-state index contributed by atoms with van der Waals surface area (Å²) >= 11 is 0. The summed E-state index contributed by atoms with van der Waals surface area (Å²) in [5, 5.41) is 4.51. The third-order valence-corrected chi connectivity index (χ3v) is 6.03. The van der Waals surface area contributed by atoms with Crippen LogP contribution in [0.2, 0.25) is 0 Å². The van der Waals surface area contributed by atoms with E-state index >= 15 is 0 Å². The van der Waals surface area contributed by atoms with Gasteiger partial charge in [0.15, 0.2) is 0 Å². The van der Waals surface area contributed by atoms with Crippen LogP contribution >= 0.6 is 0 Å². The van der Waals surface area contributed by atoms with Crippen molar-refractivity contribution in [1.82, 2.24) is 18.7 Å². The zero-order valence-electron chi connectivity index (χ0n) is 15.3. The van der Waals surface area contributed by atoms with Crippen LogP contribution in [0, 0.1) is 0 Å². The van der Waals surface area contributed by atoms with E-state index in [1.165, 1.54) is 19.8 Å². The average molecular weight is 380 g/mol. The number of methoxy groups -OCH3 is 1. The van der Waals surface area contributed by atoms with E-state index < -0.39 is 10.0 Å². The molecule has 0 amide bonds. The van der Waals surface area contributed by atoms with Gasteiger partial charge in [0.1, 0.15) is 11.6 Å². The molecule has 1 unspecified atom stereocenters. The van der Waals surface area contributed by atoms with Gasteiger partial charge in [-0.2, -0.15) is 5.10 Å². The fourth-order valence-corrected chi connectivity index (χ4v) is 4.27. The lowest BCUT2D eigenvalue weighted by Crippen LogP contribution is -2.39. The highest BCUT2D eigenvalue weighted by molar-refractivity contribution is 7.88. The smallest absolute Gasteiger partial charge is 0.345 e. The first-order valence-electron chi connectivity index (χ1n) is 8.51. The molecule has 3 rings (SSSR count). The SMILES string of the molecule is COc1cccc(Cn2nc(C3CCCN(S(C)(=O)=O)C3)n(C)c2=O)c1. The Bertz CT molecular complexity index is 948. The summed E-state index contributed by atoms with van der Waals surface area (Å²) in [5.74, 6) is 1.27. The van der Waals surface area contributed by atoms with E-state index in [-0.39, 0.29) is 11.6 Å². The molecule has 0 saturated carbocycles. The average Bonchev–Trinajstić information content (AvgIpc) is 2.90. The van der Waals surface area contributed by atoms with Crippen molar-refractivity contribution in [3.8, 4) is 5.75 Å². The van der Waals surface area contributed by atoms with Crippen LogP contribution in [0.4, 0.5) is 0 Å². The molecular formula is C17H24N4O4S. The second-order valence-corrected chi connectivity index (χ2v) is 8.65. The van der Waals surface area contributed by atoms with Crippen LogP contribution in [0.5, 0.6) is 5.75 Å². The van der Waals surface area contributed by atoms with Crippen molar-refractivity contribution in [1.29, 1.82) is 0 Å². The van der Waals surface area contributed by atoms with E-state index in [0.29, 0.717) is 25.5 Å². The van der Waals surface area contributed by atoms with Gasteiger partial charge < -0.3 is 4.74 Å². The molecule has 26 heavy (non-hydrogen) atoms. The minimum atomic E-state index is -3.24. The van der Waals surface area contributed by atoms with E-state index in [0.717, 1.165) is 24.2 Å². The van der Waals surface area contributed by atoms with Gasteiger partial charge in [-0.1, -0.05) is 12.1 Å². The Balaban J connectivity index is 1.86. The van der Waals surface area contributed by atoms with Crippen molar-refractivity contribution < 1.29 is 13.2 Å². The Morgan fingerprint density at radius 1 is 1.35 bits per heavy atom. The second kappa shape index (κ2) is 7.24. The van der Waals surface area contributed by atoms with Crippen LogP contribution < -0.4 is 10.4 Å². The Morgan fingerprint density at radius 3 is 2.81 bits per heavy atom. The zero-order valence-corrected chi connectivity index (χ0v) is 16.1. The number of benzene rings is 1. The zero-order chi connectivity index (χ0) is 18.9. The van der Waals surface area contributed by atoms with Gasteiger partial charge in [-0.25, -0.2) is 22.2 Å².